The summed E-state index contributed by atoms with van der Waals surface area (Å²) in [5, 5.41) is 21.3. The molecule has 5 heteroatoms. The second-order valence-electron chi connectivity index (χ2n) is 8.51. The Bertz CT molecular complexity index is 1020. The van der Waals surface area contributed by atoms with E-state index in [1.165, 1.54) is 0 Å². The predicted molar refractivity (Wildman–Crippen MR) is 122 cm³/mol. The SMILES string of the molecule is Cc1cc(CC(C)(C)[Si](O)(c2ccccc2)c2ccccc2)c(C)c(O)c1C(=O)O. The van der Waals surface area contributed by atoms with Gasteiger partial charge in [-0.1, -0.05) is 80.6 Å². The van der Waals surface area contributed by atoms with Crippen LogP contribution in [0.4, 0.5) is 0 Å². The number of hydrogen-bond donors (Lipinski definition) is 3. The minimum Gasteiger partial charge on any atom is -0.507 e. The molecule has 0 radical (unpaired) electrons. The first-order chi connectivity index (χ1) is 14.1. The molecule has 3 N–H and O–H groups in total. The molecule has 0 bridgehead atoms. The number of benzene rings is 3. The van der Waals surface area contributed by atoms with Gasteiger partial charge in [-0.15, -0.1) is 0 Å². The molecule has 156 valence electrons. The van der Waals surface area contributed by atoms with Crippen LogP contribution >= 0.6 is 0 Å². The largest absolute Gasteiger partial charge is 0.507 e. The van der Waals surface area contributed by atoms with E-state index >= 15 is 0 Å². The van der Waals surface area contributed by atoms with Crippen LogP contribution in [-0.2, 0) is 6.42 Å². The van der Waals surface area contributed by atoms with Gasteiger partial charge in [0, 0.05) is 0 Å². The smallest absolute Gasteiger partial charge is 0.339 e. The van der Waals surface area contributed by atoms with E-state index in [0.717, 1.165) is 15.9 Å². The molecular weight excluding hydrogens is 392 g/mol. The quantitative estimate of drug-likeness (QED) is 0.530. The Kier molecular flexibility index (Phi) is 5.88. The Morgan fingerprint density at radius 2 is 1.40 bits per heavy atom. The van der Waals surface area contributed by atoms with Crippen molar-refractivity contribution in [3.63, 3.8) is 0 Å². The van der Waals surface area contributed by atoms with Crippen molar-refractivity contribution in [1.29, 1.82) is 0 Å². The number of aromatic carboxylic acids is 1. The zero-order valence-electron chi connectivity index (χ0n) is 17.8. The number of carboxylic acid groups (broad SMARTS) is 1. The van der Waals surface area contributed by atoms with E-state index in [-0.39, 0.29) is 11.3 Å². The third-order valence-corrected chi connectivity index (χ3v) is 10.5. The molecule has 3 aromatic carbocycles. The van der Waals surface area contributed by atoms with Gasteiger partial charge in [0.25, 0.3) is 8.32 Å². The molecule has 0 atom stereocenters. The Hall–Kier alpha value is -2.89. The summed E-state index contributed by atoms with van der Waals surface area (Å²) >= 11 is 0. The monoisotopic (exact) mass is 420 g/mol. The van der Waals surface area contributed by atoms with Crippen molar-refractivity contribution in [2.45, 2.75) is 39.2 Å². The van der Waals surface area contributed by atoms with E-state index in [1.54, 1.807) is 13.8 Å². The highest BCUT2D eigenvalue weighted by molar-refractivity contribution is 6.98. The zero-order chi connectivity index (χ0) is 22.1. The molecule has 0 saturated carbocycles. The lowest BCUT2D eigenvalue weighted by Gasteiger charge is -2.41. The van der Waals surface area contributed by atoms with Gasteiger partial charge >= 0.3 is 5.97 Å². The van der Waals surface area contributed by atoms with E-state index in [1.807, 2.05) is 66.7 Å². The van der Waals surface area contributed by atoms with Crippen LogP contribution in [0.25, 0.3) is 0 Å². The van der Waals surface area contributed by atoms with Crippen molar-refractivity contribution >= 4 is 24.7 Å². The molecule has 0 fully saturated rings. The van der Waals surface area contributed by atoms with Crippen molar-refractivity contribution in [3.8, 4) is 5.75 Å². The maximum atomic E-state index is 12.3. The number of aromatic hydroxyl groups is 1. The molecule has 0 amide bonds. The number of phenols is 1. The van der Waals surface area contributed by atoms with Crippen LogP contribution in [0.2, 0.25) is 5.04 Å². The number of hydrogen-bond acceptors (Lipinski definition) is 3. The van der Waals surface area contributed by atoms with Crippen molar-refractivity contribution in [2.75, 3.05) is 0 Å². The summed E-state index contributed by atoms with van der Waals surface area (Å²) in [6.45, 7) is 7.53. The normalized spacial score (nSPS) is 12.0. The Morgan fingerprint density at radius 1 is 0.933 bits per heavy atom. The summed E-state index contributed by atoms with van der Waals surface area (Å²) in [6, 6.07) is 21.4. The molecule has 0 aliphatic carbocycles. The highest BCUT2D eigenvalue weighted by atomic mass is 28.4. The van der Waals surface area contributed by atoms with Gasteiger partial charge < -0.3 is 15.0 Å². The van der Waals surface area contributed by atoms with E-state index in [2.05, 4.69) is 13.8 Å². The topological polar surface area (TPSA) is 77.8 Å². The first kappa shape index (κ1) is 21.8. The molecule has 0 spiro atoms. The molecule has 0 aromatic heterocycles. The second-order valence-corrected chi connectivity index (χ2v) is 12.4. The number of carboxylic acids is 1. The van der Waals surface area contributed by atoms with Crippen molar-refractivity contribution in [2.24, 2.45) is 0 Å². The lowest BCUT2D eigenvalue weighted by molar-refractivity contribution is 0.0692. The number of aryl methyl sites for hydroxylation is 1. The maximum absolute atomic E-state index is 12.3. The summed E-state index contributed by atoms with van der Waals surface area (Å²) in [5.41, 5.74) is 1.84. The first-order valence-corrected chi connectivity index (χ1v) is 11.9. The average molecular weight is 421 g/mol. The fourth-order valence-corrected chi connectivity index (χ4v) is 8.02. The fourth-order valence-electron chi connectivity index (χ4n) is 4.33. The molecule has 4 nitrogen and oxygen atoms in total. The van der Waals surface area contributed by atoms with Gasteiger partial charge in [0.2, 0.25) is 0 Å². The third kappa shape index (κ3) is 3.66. The zero-order valence-corrected chi connectivity index (χ0v) is 18.8. The molecule has 30 heavy (non-hydrogen) atoms. The van der Waals surface area contributed by atoms with Crippen molar-refractivity contribution in [3.05, 3.63) is 89.0 Å². The first-order valence-electron chi connectivity index (χ1n) is 9.98. The molecule has 0 heterocycles. The average Bonchev–Trinajstić information content (AvgIpc) is 2.72. The maximum Gasteiger partial charge on any atom is 0.339 e. The van der Waals surface area contributed by atoms with Gasteiger partial charge in [0.05, 0.1) is 0 Å². The fraction of sp³-hybridized carbons (Fsp3) is 0.240. The highest BCUT2D eigenvalue weighted by Crippen LogP contribution is 2.41. The van der Waals surface area contributed by atoms with Gasteiger partial charge in [-0.2, -0.15) is 0 Å². The molecule has 0 aliphatic rings. The summed E-state index contributed by atoms with van der Waals surface area (Å²) in [4.78, 5) is 23.8. The summed E-state index contributed by atoms with van der Waals surface area (Å²) in [5.74, 6) is -1.34. The standard InChI is InChI=1S/C25H28O4Si/c1-17-15-19(18(2)23(26)22(17)24(27)28)16-25(3,4)30(29,20-11-7-5-8-12-20)21-13-9-6-10-14-21/h5-15,26,29H,16H2,1-4H3,(H,27,28). The van der Waals surface area contributed by atoms with Crippen molar-refractivity contribution < 1.29 is 19.8 Å². The minimum absolute atomic E-state index is 0.0623. The minimum atomic E-state index is -3.20. The van der Waals surface area contributed by atoms with Crippen LogP contribution in [0.1, 0.15) is 40.9 Å². The van der Waals surface area contributed by atoms with Crippen LogP contribution in [0.15, 0.2) is 66.7 Å². The molecule has 3 aromatic rings. The molecule has 0 saturated heterocycles. The van der Waals surface area contributed by atoms with Gasteiger partial charge in [0.1, 0.15) is 11.3 Å². The van der Waals surface area contributed by atoms with Crippen molar-refractivity contribution in [1.82, 2.24) is 0 Å². The van der Waals surface area contributed by atoms with Crippen LogP contribution in [0.3, 0.4) is 0 Å². The van der Waals surface area contributed by atoms with E-state index in [4.69, 9.17) is 0 Å². The third-order valence-electron chi connectivity index (χ3n) is 6.07. The molecule has 0 unspecified atom stereocenters. The van der Waals surface area contributed by atoms with E-state index in [0.29, 0.717) is 17.5 Å². The summed E-state index contributed by atoms with van der Waals surface area (Å²) in [7, 11) is -3.20. The van der Waals surface area contributed by atoms with E-state index in [9.17, 15) is 19.8 Å². The van der Waals surface area contributed by atoms with Crippen LogP contribution in [-0.4, -0.2) is 29.3 Å². The predicted octanol–water partition coefficient (Wildman–Crippen LogP) is 3.78. The Morgan fingerprint density at radius 3 is 1.83 bits per heavy atom. The van der Waals surface area contributed by atoms with Gasteiger partial charge in [-0.05, 0) is 52.4 Å². The summed E-state index contributed by atoms with van der Waals surface area (Å²) < 4.78 is 0. The van der Waals surface area contributed by atoms with Crippen LogP contribution in [0.5, 0.6) is 5.75 Å². The molecule has 0 aliphatic heterocycles. The molecular formula is C25H28O4Si. The van der Waals surface area contributed by atoms with Crippen LogP contribution < -0.4 is 10.4 Å². The van der Waals surface area contributed by atoms with Gasteiger partial charge in [0.15, 0.2) is 0 Å². The lowest BCUT2D eigenvalue weighted by Crippen LogP contribution is -2.65. The highest BCUT2D eigenvalue weighted by Gasteiger charge is 2.50. The second kappa shape index (κ2) is 8.09. The van der Waals surface area contributed by atoms with E-state index < -0.39 is 19.3 Å². The summed E-state index contributed by atoms with van der Waals surface area (Å²) in [6.07, 6.45) is 0.500. The molecule has 3 rings (SSSR count). The van der Waals surface area contributed by atoms with Gasteiger partial charge in [-0.3, -0.25) is 0 Å². The Balaban J connectivity index is 2.16. The lowest BCUT2D eigenvalue weighted by atomic mass is 9.92. The van der Waals surface area contributed by atoms with Gasteiger partial charge in [-0.25, -0.2) is 4.79 Å². The number of carbonyl (C=O) groups is 1. The number of rotatable bonds is 6. The van der Waals surface area contributed by atoms with Crippen LogP contribution in [0, 0.1) is 13.8 Å². The Labute approximate surface area is 178 Å².